The molecule has 0 aliphatic carbocycles. The van der Waals surface area contributed by atoms with E-state index in [9.17, 15) is 4.79 Å². The maximum Gasteiger partial charge on any atom is 0.274 e. The minimum atomic E-state index is -0.119. The number of pyridine rings is 2. The van der Waals surface area contributed by atoms with E-state index in [1.165, 1.54) is 6.20 Å². The van der Waals surface area contributed by atoms with Gasteiger partial charge < -0.3 is 9.64 Å². The highest BCUT2D eigenvalue weighted by atomic mass is 16.5. The van der Waals surface area contributed by atoms with Gasteiger partial charge in [0.25, 0.3) is 5.91 Å². The summed E-state index contributed by atoms with van der Waals surface area (Å²) in [7, 11) is 3.64. The van der Waals surface area contributed by atoms with Crippen molar-refractivity contribution >= 4 is 11.4 Å². The van der Waals surface area contributed by atoms with Crippen LogP contribution in [0.15, 0.2) is 49.1 Å². The average Bonchev–Trinajstić information content (AvgIpc) is 3.27. The predicted octanol–water partition coefficient (Wildman–Crippen LogP) is 2.03. The molecule has 1 saturated heterocycles. The Kier molecular flexibility index (Phi) is 5.43. The lowest BCUT2D eigenvalue weighted by Gasteiger charge is -2.38. The van der Waals surface area contributed by atoms with Crippen LogP contribution in [-0.2, 0) is 0 Å². The molecule has 1 aliphatic heterocycles. The molecule has 0 aromatic carbocycles. The predicted molar refractivity (Wildman–Crippen MR) is 121 cm³/mol. The van der Waals surface area contributed by atoms with Crippen LogP contribution in [0.25, 0.3) is 16.6 Å². The van der Waals surface area contributed by atoms with Crippen molar-refractivity contribution < 1.29 is 9.53 Å². The normalized spacial score (nSPS) is 16.8. The van der Waals surface area contributed by atoms with E-state index in [0.29, 0.717) is 24.7 Å². The Morgan fingerprint density at radius 2 is 1.88 bits per heavy atom. The number of hydrogen-bond donors (Lipinski definition) is 0. The smallest absolute Gasteiger partial charge is 0.274 e. The summed E-state index contributed by atoms with van der Waals surface area (Å²) >= 11 is 0. The number of carbonyl (C=O) groups excluding carboxylic acids is 1. The Morgan fingerprint density at radius 1 is 1.03 bits per heavy atom. The van der Waals surface area contributed by atoms with Gasteiger partial charge in [-0.1, -0.05) is 11.3 Å². The van der Waals surface area contributed by atoms with Crippen LogP contribution >= 0.6 is 0 Å². The minimum Gasteiger partial charge on any atom is -0.481 e. The Morgan fingerprint density at radius 3 is 2.61 bits per heavy atom. The number of methoxy groups -OCH3 is 1. The van der Waals surface area contributed by atoms with Crippen LogP contribution in [0.5, 0.6) is 5.88 Å². The fourth-order valence-electron chi connectivity index (χ4n) is 4.01. The maximum atomic E-state index is 13.0. The van der Waals surface area contributed by atoms with Crippen molar-refractivity contribution in [3.8, 4) is 17.0 Å². The minimum absolute atomic E-state index is 0.0767. The number of hydrogen-bond acceptors (Lipinski definition) is 8. The fourth-order valence-corrected chi connectivity index (χ4v) is 4.01. The number of carbonyl (C=O) groups is 1. The molecule has 0 bridgehead atoms. The molecule has 5 heterocycles. The highest BCUT2D eigenvalue weighted by molar-refractivity contribution is 5.92. The van der Waals surface area contributed by atoms with E-state index in [1.807, 2.05) is 49.3 Å². The van der Waals surface area contributed by atoms with Gasteiger partial charge in [0.1, 0.15) is 11.4 Å². The molecule has 168 valence electrons. The largest absolute Gasteiger partial charge is 0.481 e. The van der Waals surface area contributed by atoms with Crippen LogP contribution in [0, 0.1) is 6.92 Å². The molecule has 1 atom stereocenters. The first-order valence-corrected chi connectivity index (χ1v) is 10.7. The average molecular weight is 444 g/mol. The number of ether oxygens (including phenoxy) is 1. The van der Waals surface area contributed by atoms with Gasteiger partial charge in [0.2, 0.25) is 5.88 Å². The highest BCUT2D eigenvalue weighted by Gasteiger charge is 2.32. The van der Waals surface area contributed by atoms with Gasteiger partial charge in [-0.25, -0.2) is 14.5 Å². The summed E-state index contributed by atoms with van der Waals surface area (Å²) in [5.74, 6) is 0.449. The molecule has 0 saturated carbocycles. The lowest BCUT2D eigenvalue weighted by atomic mass is 10.1. The number of aryl methyl sites for hydroxylation is 1. The quantitative estimate of drug-likeness (QED) is 0.471. The molecule has 1 aliphatic rings. The third-order valence-corrected chi connectivity index (χ3v) is 5.97. The first kappa shape index (κ1) is 21.0. The van der Waals surface area contributed by atoms with E-state index in [1.54, 1.807) is 24.0 Å². The summed E-state index contributed by atoms with van der Waals surface area (Å²) in [6.07, 6.45) is 6.85. The zero-order valence-corrected chi connectivity index (χ0v) is 18.7. The summed E-state index contributed by atoms with van der Waals surface area (Å²) in [6.45, 7) is 3.70. The van der Waals surface area contributed by atoms with E-state index >= 15 is 0 Å². The third kappa shape index (κ3) is 4.00. The van der Waals surface area contributed by atoms with Crippen LogP contribution in [0.1, 0.15) is 27.9 Å². The number of fused-ring (bicyclic) bond motifs is 1. The zero-order valence-electron chi connectivity index (χ0n) is 18.7. The van der Waals surface area contributed by atoms with E-state index in [0.717, 1.165) is 34.6 Å². The summed E-state index contributed by atoms with van der Waals surface area (Å²) in [4.78, 5) is 29.7. The number of amides is 1. The van der Waals surface area contributed by atoms with E-state index in [4.69, 9.17) is 4.74 Å². The Labute approximate surface area is 190 Å². The second kappa shape index (κ2) is 8.55. The Hall–Kier alpha value is -3.92. The van der Waals surface area contributed by atoms with Crippen LogP contribution in [0.4, 0.5) is 0 Å². The van der Waals surface area contributed by atoms with Gasteiger partial charge in [-0.15, -0.1) is 5.10 Å². The van der Waals surface area contributed by atoms with Gasteiger partial charge in [-0.05, 0) is 26.1 Å². The van der Waals surface area contributed by atoms with Crippen LogP contribution in [0.3, 0.4) is 0 Å². The lowest BCUT2D eigenvalue weighted by Crippen LogP contribution is -2.49. The fraction of sp³-hybridized carbons (Fsp3) is 0.304. The van der Waals surface area contributed by atoms with Gasteiger partial charge in [-0.2, -0.15) is 0 Å². The number of likely N-dealkylation sites (N-methyl/N-ethyl adjacent to an activating group) is 1. The summed E-state index contributed by atoms with van der Waals surface area (Å²) < 4.78 is 6.91. The molecule has 10 heteroatoms. The molecule has 4 aromatic heterocycles. The van der Waals surface area contributed by atoms with Gasteiger partial charge >= 0.3 is 0 Å². The van der Waals surface area contributed by atoms with Crippen molar-refractivity contribution in [1.82, 2.24) is 39.6 Å². The van der Waals surface area contributed by atoms with E-state index in [2.05, 4.69) is 30.2 Å². The van der Waals surface area contributed by atoms with Crippen molar-refractivity contribution in [1.29, 1.82) is 0 Å². The summed E-state index contributed by atoms with van der Waals surface area (Å²) in [5.41, 5.74) is 4.81. The van der Waals surface area contributed by atoms with Gasteiger partial charge in [0.05, 0.1) is 30.6 Å². The molecule has 1 amide bonds. The number of piperazine rings is 1. The molecule has 5 rings (SSSR count). The molecule has 0 N–H and O–H groups in total. The van der Waals surface area contributed by atoms with Gasteiger partial charge in [0.15, 0.2) is 0 Å². The maximum absolute atomic E-state index is 13.0. The van der Waals surface area contributed by atoms with E-state index in [-0.39, 0.29) is 11.9 Å². The molecule has 33 heavy (non-hydrogen) atoms. The van der Waals surface area contributed by atoms with Crippen molar-refractivity contribution in [2.24, 2.45) is 0 Å². The highest BCUT2D eigenvalue weighted by Crippen LogP contribution is 2.28. The molecule has 4 aromatic rings. The number of rotatable bonds is 4. The third-order valence-electron chi connectivity index (χ3n) is 5.97. The first-order valence-electron chi connectivity index (χ1n) is 10.7. The molecule has 0 radical (unpaired) electrons. The van der Waals surface area contributed by atoms with E-state index < -0.39 is 0 Å². The SMILES string of the molecule is COc1ccc(-c2ccc3c(C4CN(C(=O)c5cnc(C)cn5)CCN4C)nnn3c2)cn1. The molecule has 10 nitrogen and oxygen atoms in total. The van der Waals surface area contributed by atoms with Gasteiger partial charge in [0, 0.05) is 55.4 Å². The van der Waals surface area contributed by atoms with Crippen LogP contribution < -0.4 is 4.74 Å². The summed E-state index contributed by atoms with van der Waals surface area (Å²) in [5, 5.41) is 8.83. The molecular weight excluding hydrogens is 420 g/mol. The standard InChI is InChI=1S/C23H24N8O2/c1-15-10-25-18(12-24-15)23(32)30-9-8-29(2)20(14-30)22-19-6-4-17(13-31(19)28-27-22)16-5-7-21(33-3)26-11-16/h4-7,10-13,20H,8-9,14H2,1-3H3. The molecule has 1 unspecified atom stereocenters. The lowest BCUT2D eigenvalue weighted by molar-refractivity contribution is 0.0536. The van der Waals surface area contributed by atoms with Gasteiger partial charge in [-0.3, -0.25) is 14.7 Å². The molecule has 0 spiro atoms. The van der Waals surface area contributed by atoms with Crippen molar-refractivity contribution in [3.63, 3.8) is 0 Å². The molecule has 1 fully saturated rings. The monoisotopic (exact) mass is 444 g/mol. The molecular formula is C23H24N8O2. The number of nitrogens with zero attached hydrogens (tertiary/aromatic N) is 8. The first-order chi connectivity index (χ1) is 16.0. The second-order valence-electron chi connectivity index (χ2n) is 8.10. The van der Waals surface area contributed by atoms with Crippen LogP contribution in [-0.4, -0.2) is 79.3 Å². The number of aromatic nitrogens is 6. The summed E-state index contributed by atoms with van der Waals surface area (Å²) in [6, 6.07) is 7.74. The zero-order chi connectivity index (χ0) is 22.9. The Bertz CT molecular complexity index is 1290. The van der Waals surface area contributed by atoms with Crippen molar-refractivity contribution in [3.05, 3.63) is 66.1 Å². The van der Waals surface area contributed by atoms with Crippen molar-refractivity contribution in [2.45, 2.75) is 13.0 Å². The van der Waals surface area contributed by atoms with Crippen molar-refractivity contribution in [2.75, 3.05) is 33.8 Å². The second-order valence-corrected chi connectivity index (χ2v) is 8.10. The Balaban J connectivity index is 1.41. The van der Waals surface area contributed by atoms with Crippen LogP contribution in [0.2, 0.25) is 0 Å². The topological polar surface area (TPSA) is 102 Å².